The Kier molecular flexibility index (Phi) is 5.02. The predicted octanol–water partition coefficient (Wildman–Crippen LogP) is 2.82. The van der Waals surface area contributed by atoms with Gasteiger partial charge in [-0.2, -0.15) is 0 Å². The Balaban J connectivity index is 1.55. The van der Waals surface area contributed by atoms with Crippen LogP contribution < -0.4 is 10.2 Å². The molecule has 2 N–H and O–H groups in total. The van der Waals surface area contributed by atoms with E-state index in [1.54, 1.807) is 12.1 Å². The quantitative estimate of drug-likeness (QED) is 0.865. The number of phenols is 1. The van der Waals surface area contributed by atoms with E-state index in [2.05, 4.69) is 29.0 Å². The normalized spacial score (nSPS) is 21.7. The number of fused-ring (bicyclic) bond motifs is 1. The highest BCUT2D eigenvalue weighted by atomic mass is 16.5. The van der Waals surface area contributed by atoms with Crippen LogP contribution in [0.15, 0.2) is 30.5 Å². The van der Waals surface area contributed by atoms with Gasteiger partial charge in [0.2, 0.25) is 5.95 Å². The Morgan fingerprint density at radius 3 is 2.89 bits per heavy atom. The summed E-state index contributed by atoms with van der Waals surface area (Å²) in [6, 6.07) is 7.62. The molecule has 6 nitrogen and oxygen atoms in total. The molecular formula is C21H28N4O2. The van der Waals surface area contributed by atoms with Crippen molar-refractivity contribution in [2.75, 3.05) is 31.2 Å². The van der Waals surface area contributed by atoms with E-state index in [1.807, 2.05) is 18.3 Å². The number of ether oxygens (including phenoxy) is 1. The summed E-state index contributed by atoms with van der Waals surface area (Å²) in [6.45, 7) is 8.48. The number of benzene rings is 1. The minimum Gasteiger partial charge on any atom is -0.508 e. The first-order chi connectivity index (χ1) is 13.0. The molecule has 0 amide bonds. The molecule has 1 aromatic carbocycles. The molecule has 0 bridgehead atoms. The highest BCUT2D eigenvalue weighted by Crippen LogP contribution is 2.40. The van der Waals surface area contributed by atoms with Crippen molar-refractivity contribution in [1.82, 2.24) is 15.3 Å². The Morgan fingerprint density at radius 2 is 2.11 bits per heavy atom. The summed E-state index contributed by atoms with van der Waals surface area (Å²) >= 11 is 0. The molecule has 6 heteroatoms. The fourth-order valence-corrected chi connectivity index (χ4v) is 4.04. The lowest BCUT2D eigenvalue weighted by Gasteiger charge is -2.37. The highest BCUT2D eigenvalue weighted by molar-refractivity contribution is 5.37. The molecule has 0 spiro atoms. The molecule has 1 atom stereocenters. The number of hydrogen-bond acceptors (Lipinski definition) is 6. The van der Waals surface area contributed by atoms with Gasteiger partial charge in [0.05, 0.1) is 18.9 Å². The maximum Gasteiger partial charge on any atom is 0.225 e. The number of phenolic OH excluding ortho intramolecular Hbond substituents is 1. The Bertz CT molecular complexity index is 803. The molecule has 27 heavy (non-hydrogen) atoms. The molecule has 2 aliphatic rings. The SMILES string of the molecule is CC1(C)Cc2nc(N3CCOCC3)ncc2[C@H](NCc2cccc(O)c2)C1. The first kappa shape index (κ1) is 18.2. The Labute approximate surface area is 160 Å². The van der Waals surface area contributed by atoms with Crippen LogP contribution in [0.3, 0.4) is 0 Å². The highest BCUT2D eigenvalue weighted by Gasteiger charge is 2.34. The maximum absolute atomic E-state index is 9.68. The molecule has 2 heterocycles. The van der Waals surface area contributed by atoms with Crippen molar-refractivity contribution in [1.29, 1.82) is 0 Å². The summed E-state index contributed by atoms with van der Waals surface area (Å²) in [7, 11) is 0. The van der Waals surface area contributed by atoms with E-state index in [0.717, 1.165) is 56.4 Å². The molecule has 1 aliphatic carbocycles. The van der Waals surface area contributed by atoms with Crippen LogP contribution >= 0.6 is 0 Å². The lowest BCUT2D eigenvalue weighted by atomic mass is 9.74. The van der Waals surface area contributed by atoms with Crippen LogP contribution in [0.4, 0.5) is 5.95 Å². The van der Waals surface area contributed by atoms with E-state index in [1.165, 1.54) is 5.56 Å². The number of aromatic nitrogens is 2. The largest absolute Gasteiger partial charge is 0.508 e. The third-order valence-corrected chi connectivity index (χ3v) is 5.42. The first-order valence-corrected chi connectivity index (χ1v) is 9.70. The zero-order valence-corrected chi connectivity index (χ0v) is 16.1. The summed E-state index contributed by atoms with van der Waals surface area (Å²) in [4.78, 5) is 11.8. The fourth-order valence-electron chi connectivity index (χ4n) is 4.04. The molecule has 1 aliphatic heterocycles. The van der Waals surface area contributed by atoms with Gasteiger partial charge in [-0.15, -0.1) is 0 Å². The van der Waals surface area contributed by atoms with Crippen LogP contribution in [-0.4, -0.2) is 41.4 Å². The maximum atomic E-state index is 9.68. The first-order valence-electron chi connectivity index (χ1n) is 9.70. The van der Waals surface area contributed by atoms with E-state index >= 15 is 0 Å². The predicted molar refractivity (Wildman–Crippen MR) is 105 cm³/mol. The number of hydrogen-bond donors (Lipinski definition) is 2. The van der Waals surface area contributed by atoms with Gasteiger partial charge in [-0.05, 0) is 36.0 Å². The number of morpholine rings is 1. The molecule has 144 valence electrons. The Morgan fingerprint density at radius 1 is 1.30 bits per heavy atom. The monoisotopic (exact) mass is 368 g/mol. The molecule has 4 rings (SSSR count). The molecular weight excluding hydrogens is 340 g/mol. The lowest BCUT2D eigenvalue weighted by Crippen LogP contribution is -2.39. The van der Waals surface area contributed by atoms with Crippen LogP contribution in [0.2, 0.25) is 0 Å². The van der Waals surface area contributed by atoms with Crippen molar-refractivity contribution in [2.24, 2.45) is 5.41 Å². The zero-order valence-electron chi connectivity index (χ0n) is 16.1. The number of rotatable bonds is 4. The average molecular weight is 368 g/mol. The zero-order chi connectivity index (χ0) is 18.9. The van der Waals surface area contributed by atoms with Gasteiger partial charge in [0.15, 0.2) is 0 Å². The summed E-state index contributed by atoms with van der Waals surface area (Å²) in [5, 5.41) is 13.3. The summed E-state index contributed by atoms with van der Waals surface area (Å²) in [6.07, 6.45) is 4.01. The number of nitrogens with zero attached hydrogens (tertiary/aromatic N) is 3. The van der Waals surface area contributed by atoms with Crippen molar-refractivity contribution in [3.63, 3.8) is 0 Å². The number of aromatic hydroxyl groups is 1. The van der Waals surface area contributed by atoms with E-state index in [4.69, 9.17) is 9.72 Å². The van der Waals surface area contributed by atoms with Gasteiger partial charge in [0.1, 0.15) is 5.75 Å². The van der Waals surface area contributed by atoms with E-state index in [0.29, 0.717) is 12.3 Å². The molecule has 0 unspecified atom stereocenters. The van der Waals surface area contributed by atoms with Crippen LogP contribution in [0.5, 0.6) is 5.75 Å². The third kappa shape index (κ3) is 4.22. The molecule has 1 fully saturated rings. The lowest BCUT2D eigenvalue weighted by molar-refractivity contribution is 0.122. The third-order valence-electron chi connectivity index (χ3n) is 5.42. The topological polar surface area (TPSA) is 70.5 Å². The van der Waals surface area contributed by atoms with Gasteiger partial charge in [-0.1, -0.05) is 26.0 Å². The van der Waals surface area contributed by atoms with Gasteiger partial charge in [0, 0.05) is 37.4 Å². The van der Waals surface area contributed by atoms with Crippen molar-refractivity contribution in [3.8, 4) is 5.75 Å². The fraction of sp³-hybridized carbons (Fsp3) is 0.524. The molecule has 2 aromatic rings. The summed E-state index contributed by atoms with van der Waals surface area (Å²) in [5.41, 5.74) is 3.61. The summed E-state index contributed by atoms with van der Waals surface area (Å²) < 4.78 is 5.44. The van der Waals surface area contributed by atoms with Crippen molar-refractivity contribution >= 4 is 5.95 Å². The van der Waals surface area contributed by atoms with Crippen molar-refractivity contribution in [2.45, 2.75) is 39.3 Å². The van der Waals surface area contributed by atoms with Gasteiger partial charge in [-0.3, -0.25) is 0 Å². The minimum atomic E-state index is 0.181. The van der Waals surface area contributed by atoms with Gasteiger partial charge in [0.25, 0.3) is 0 Å². The second kappa shape index (κ2) is 7.44. The second-order valence-corrected chi connectivity index (χ2v) is 8.32. The van der Waals surface area contributed by atoms with E-state index < -0.39 is 0 Å². The minimum absolute atomic E-state index is 0.181. The van der Waals surface area contributed by atoms with Crippen molar-refractivity contribution in [3.05, 3.63) is 47.3 Å². The van der Waals surface area contributed by atoms with E-state index in [9.17, 15) is 5.11 Å². The molecule has 0 saturated carbocycles. The van der Waals surface area contributed by atoms with E-state index in [-0.39, 0.29) is 11.5 Å². The van der Waals surface area contributed by atoms with Crippen molar-refractivity contribution < 1.29 is 9.84 Å². The summed E-state index contributed by atoms with van der Waals surface area (Å²) in [5.74, 6) is 1.12. The molecule has 0 radical (unpaired) electrons. The van der Waals surface area contributed by atoms with Crippen LogP contribution in [0.25, 0.3) is 0 Å². The smallest absolute Gasteiger partial charge is 0.225 e. The van der Waals surface area contributed by atoms with Crippen LogP contribution in [0.1, 0.15) is 43.1 Å². The Hall–Kier alpha value is -2.18. The number of anilines is 1. The molecule has 1 aromatic heterocycles. The standard InChI is InChI=1S/C21H28N4O2/c1-21(2)11-18(22-13-15-4-3-5-16(26)10-15)17-14-23-20(24-19(17)12-21)25-6-8-27-9-7-25/h3-5,10,14,18,22,26H,6-9,11-13H2,1-2H3/t18-/m1/s1. The number of nitrogens with one attached hydrogen (secondary N) is 1. The van der Waals surface area contributed by atoms with Crippen LogP contribution in [0, 0.1) is 5.41 Å². The van der Waals surface area contributed by atoms with Gasteiger partial charge >= 0.3 is 0 Å². The average Bonchev–Trinajstić information content (AvgIpc) is 2.65. The van der Waals surface area contributed by atoms with Gasteiger partial charge in [-0.25, -0.2) is 9.97 Å². The van der Waals surface area contributed by atoms with Crippen LogP contribution in [-0.2, 0) is 17.7 Å². The second-order valence-electron chi connectivity index (χ2n) is 8.32. The molecule has 1 saturated heterocycles. The van der Waals surface area contributed by atoms with Gasteiger partial charge < -0.3 is 20.1 Å².